The molecule has 0 aromatic carbocycles. The first-order valence-corrected chi connectivity index (χ1v) is 11.5. The molecule has 13 heteroatoms. The molecule has 34 heavy (non-hydrogen) atoms. The molecule has 0 aromatic rings. The number of likely N-dealkylation sites (tertiary alicyclic amines) is 1. The van der Waals surface area contributed by atoms with Crippen molar-refractivity contribution >= 4 is 35.4 Å². The second kappa shape index (κ2) is 15.6. The van der Waals surface area contributed by atoms with Crippen LogP contribution in [0.25, 0.3) is 0 Å². The fraction of sp³-hybridized carbons (Fsp3) is 0.714. The van der Waals surface area contributed by atoms with Crippen LogP contribution in [0.1, 0.15) is 46.0 Å². The first-order chi connectivity index (χ1) is 16.1. The molecule has 6 amide bonds. The number of rotatable bonds is 15. The van der Waals surface area contributed by atoms with Crippen LogP contribution in [0.2, 0.25) is 0 Å². The number of hydrogen-bond acceptors (Lipinski definition) is 7. The zero-order valence-corrected chi connectivity index (χ0v) is 19.8. The van der Waals surface area contributed by atoms with Crippen LogP contribution in [0, 0.1) is 5.92 Å². The quantitative estimate of drug-likeness (QED) is 0.146. The van der Waals surface area contributed by atoms with Gasteiger partial charge in [0.25, 0.3) is 0 Å². The van der Waals surface area contributed by atoms with Crippen molar-refractivity contribution in [3.63, 3.8) is 0 Å². The summed E-state index contributed by atoms with van der Waals surface area (Å²) in [5.74, 6) is -2.57. The summed E-state index contributed by atoms with van der Waals surface area (Å²) in [6.45, 7) is 3.66. The predicted octanol–water partition coefficient (Wildman–Crippen LogP) is -2.67. The molecule has 1 fully saturated rings. The molecule has 0 aliphatic carbocycles. The number of carbonyl (C=O) groups excluding carboxylic acids is 6. The number of aliphatic hydroxyl groups excluding tert-OH is 1. The van der Waals surface area contributed by atoms with E-state index in [1.54, 1.807) is 6.92 Å². The van der Waals surface area contributed by atoms with Gasteiger partial charge in [0.1, 0.15) is 6.23 Å². The molecule has 1 saturated heterocycles. The topological polar surface area (TPSA) is 186 Å². The van der Waals surface area contributed by atoms with Gasteiger partial charge in [-0.25, -0.2) is 0 Å². The highest BCUT2D eigenvalue weighted by Gasteiger charge is 2.34. The summed E-state index contributed by atoms with van der Waals surface area (Å²) >= 11 is 0. The van der Waals surface area contributed by atoms with Gasteiger partial charge in [0.05, 0.1) is 19.6 Å². The Kier molecular flexibility index (Phi) is 13.2. The molecule has 2 atom stereocenters. The van der Waals surface area contributed by atoms with E-state index in [-0.39, 0.29) is 63.3 Å². The highest BCUT2D eigenvalue weighted by Crippen LogP contribution is 2.22. The second-order valence-electron chi connectivity index (χ2n) is 8.03. The molecule has 13 nitrogen and oxygen atoms in total. The summed E-state index contributed by atoms with van der Waals surface area (Å²) in [5, 5.41) is 22.1. The lowest BCUT2D eigenvalue weighted by molar-refractivity contribution is -0.136. The third-order valence-corrected chi connectivity index (χ3v) is 5.02. The third-order valence-electron chi connectivity index (χ3n) is 5.02. The summed E-state index contributed by atoms with van der Waals surface area (Å²) in [6.07, 6.45) is 0.927. The van der Waals surface area contributed by atoms with Crippen LogP contribution in [0.4, 0.5) is 0 Å². The minimum Gasteiger partial charge on any atom is -0.374 e. The zero-order valence-electron chi connectivity index (χ0n) is 19.8. The summed E-state index contributed by atoms with van der Waals surface area (Å²) in [4.78, 5) is 71.6. The van der Waals surface area contributed by atoms with E-state index in [0.29, 0.717) is 19.4 Å². The van der Waals surface area contributed by atoms with Crippen LogP contribution in [0.5, 0.6) is 0 Å². The van der Waals surface area contributed by atoms with E-state index < -0.39 is 29.9 Å². The van der Waals surface area contributed by atoms with Crippen molar-refractivity contribution in [2.75, 3.05) is 39.3 Å². The van der Waals surface area contributed by atoms with Crippen molar-refractivity contribution in [2.45, 2.75) is 52.2 Å². The molecular weight excluding hydrogens is 448 g/mol. The molecule has 2 unspecified atom stereocenters. The molecule has 1 aliphatic heterocycles. The number of amides is 6. The van der Waals surface area contributed by atoms with Crippen LogP contribution in [-0.2, 0) is 28.8 Å². The van der Waals surface area contributed by atoms with Crippen LogP contribution in [0.3, 0.4) is 0 Å². The van der Waals surface area contributed by atoms with Gasteiger partial charge < -0.3 is 36.6 Å². The zero-order chi connectivity index (χ0) is 25.5. The summed E-state index contributed by atoms with van der Waals surface area (Å²) in [6, 6.07) is 0. The lowest BCUT2D eigenvalue weighted by atomic mass is 10.1. The van der Waals surface area contributed by atoms with Crippen molar-refractivity contribution in [3.05, 3.63) is 0 Å². The molecule has 0 saturated carbocycles. The largest absolute Gasteiger partial charge is 0.374 e. The molecule has 1 heterocycles. The number of nitrogens with zero attached hydrogens (tertiary/aromatic N) is 1. The molecule has 0 bridgehead atoms. The van der Waals surface area contributed by atoms with E-state index >= 15 is 0 Å². The maximum atomic E-state index is 11.9. The molecule has 1 rings (SSSR count). The molecule has 0 aromatic heterocycles. The Hall–Kier alpha value is -3.22. The van der Waals surface area contributed by atoms with Gasteiger partial charge in [-0.05, 0) is 12.8 Å². The van der Waals surface area contributed by atoms with Crippen molar-refractivity contribution < 1.29 is 33.9 Å². The van der Waals surface area contributed by atoms with Crippen LogP contribution < -0.4 is 26.6 Å². The van der Waals surface area contributed by atoms with E-state index in [4.69, 9.17) is 0 Å². The van der Waals surface area contributed by atoms with Crippen LogP contribution >= 0.6 is 0 Å². The average Bonchev–Trinajstić information content (AvgIpc) is 3.04. The Morgan fingerprint density at radius 1 is 0.824 bits per heavy atom. The maximum Gasteiger partial charge on any atom is 0.239 e. The van der Waals surface area contributed by atoms with Gasteiger partial charge in [-0.15, -0.1) is 0 Å². The third kappa shape index (κ3) is 11.6. The summed E-state index contributed by atoms with van der Waals surface area (Å²) in [5.41, 5.74) is 0. The predicted molar refractivity (Wildman–Crippen MR) is 121 cm³/mol. The van der Waals surface area contributed by atoms with E-state index in [1.165, 1.54) is 4.90 Å². The van der Waals surface area contributed by atoms with E-state index in [9.17, 15) is 33.9 Å². The smallest absolute Gasteiger partial charge is 0.239 e. The van der Waals surface area contributed by atoms with Crippen LogP contribution in [0.15, 0.2) is 0 Å². The van der Waals surface area contributed by atoms with E-state index in [0.717, 1.165) is 6.42 Å². The Morgan fingerprint density at radius 2 is 1.32 bits per heavy atom. The Morgan fingerprint density at radius 3 is 1.85 bits per heavy atom. The lowest BCUT2D eigenvalue weighted by Crippen LogP contribution is -2.44. The Balaban J connectivity index is 2.08. The highest BCUT2D eigenvalue weighted by molar-refractivity contribution is 5.90. The summed E-state index contributed by atoms with van der Waals surface area (Å²) < 4.78 is 0. The first-order valence-electron chi connectivity index (χ1n) is 11.5. The maximum absolute atomic E-state index is 11.9. The monoisotopic (exact) mass is 484 g/mol. The fourth-order valence-corrected chi connectivity index (χ4v) is 3.12. The number of hydrogen-bond donors (Lipinski definition) is 6. The normalized spacial score (nSPS) is 17.1. The molecular formula is C21H36N6O7. The SMILES string of the molecule is CCCNC(=O)CCNC(=O)CNC(=O)CNC(=O)CNC(=O)CCCN1C(=O)C(C)CC1O. The number of nitrogens with one attached hydrogen (secondary N) is 5. The average molecular weight is 485 g/mol. The Labute approximate surface area is 198 Å². The van der Waals surface area contributed by atoms with Gasteiger partial charge in [0.2, 0.25) is 35.4 Å². The molecule has 6 N–H and O–H groups in total. The summed E-state index contributed by atoms with van der Waals surface area (Å²) in [7, 11) is 0. The van der Waals surface area contributed by atoms with Gasteiger partial charge in [0.15, 0.2) is 0 Å². The van der Waals surface area contributed by atoms with Crippen molar-refractivity contribution in [1.82, 2.24) is 31.5 Å². The minimum atomic E-state index is -0.828. The number of aliphatic hydroxyl groups is 1. The van der Waals surface area contributed by atoms with E-state index in [1.807, 2.05) is 6.92 Å². The standard InChI is InChI=1S/C21H36N6O7/c1-3-7-22-16(29)6-8-23-17(30)11-25-19(32)13-26-18(31)12-24-15(28)5-4-9-27-20(33)10-14(2)21(27)34/h14,20,33H,3-13H2,1-2H3,(H,22,29)(H,23,30)(H,24,28)(H,25,32)(H,26,31). The Bertz CT molecular complexity index is 745. The minimum absolute atomic E-state index is 0.0774. The second-order valence-corrected chi connectivity index (χ2v) is 8.03. The first kappa shape index (κ1) is 28.8. The number of carbonyl (C=O) groups is 6. The van der Waals surface area contributed by atoms with Crippen molar-refractivity contribution in [2.24, 2.45) is 5.92 Å². The van der Waals surface area contributed by atoms with Gasteiger partial charge in [-0.2, -0.15) is 0 Å². The van der Waals surface area contributed by atoms with Gasteiger partial charge in [-0.1, -0.05) is 13.8 Å². The van der Waals surface area contributed by atoms with Crippen molar-refractivity contribution in [1.29, 1.82) is 0 Å². The molecule has 1 aliphatic rings. The van der Waals surface area contributed by atoms with Crippen molar-refractivity contribution in [3.8, 4) is 0 Å². The molecule has 0 spiro atoms. The fourth-order valence-electron chi connectivity index (χ4n) is 3.12. The molecule has 192 valence electrons. The van der Waals surface area contributed by atoms with Crippen LogP contribution in [-0.4, -0.2) is 90.9 Å². The highest BCUT2D eigenvalue weighted by atomic mass is 16.3. The lowest BCUT2D eigenvalue weighted by Gasteiger charge is -2.20. The molecule has 0 radical (unpaired) electrons. The van der Waals surface area contributed by atoms with Gasteiger partial charge >= 0.3 is 0 Å². The van der Waals surface area contributed by atoms with Gasteiger partial charge in [0, 0.05) is 44.8 Å². The van der Waals surface area contributed by atoms with Gasteiger partial charge in [-0.3, -0.25) is 28.8 Å². The van der Waals surface area contributed by atoms with E-state index in [2.05, 4.69) is 26.6 Å².